The minimum absolute atomic E-state index is 0.0582. The van der Waals surface area contributed by atoms with Crippen LogP contribution >= 0.6 is 0 Å². The normalized spacial score (nSPS) is 23.2. The average molecular weight is 447 g/mol. The molecule has 8 nitrogen and oxygen atoms in total. The van der Waals surface area contributed by atoms with E-state index in [1.54, 1.807) is 4.90 Å². The number of hydrogen-bond donors (Lipinski definition) is 4. The van der Waals surface area contributed by atoms with Gasteiger partial charge >= 0.3 is 6.03 Å². The summed E-state index contributed by atoms with van der Waals surface area (Å²) in [5, 5.41) is 18.8. The van der Waals surface area contributed by atoms with Crippen molar-refractivity contribution in [2.24, 2.45) is 5.92 Å². The molecule has 1 aliphatic carbocycles. The number of aliphatic hydroxyl groups excluding tert-OH is 1. The number of nitrogens with zero attached hydrogens (tertiary/aromatic N) is 1. The number of anilines is 1. The van der Waals surface area contributed by atoms with E-state index in [1.807, 2.05) is 32.2 Å². The summed E-state index contributed by atoms with van der Waals surface area (Å²) < 4.78 is 6.33. The number of hydrogen-bond acceptors (Lipinski definition) is 5. The summed E-state index contributed by atoms with van der Waals surface area (Å²) in [7, 11) is 1.88. The van der Waals surface area contributed by atoms with Crippen LogP contribution in [-0.4, -0.2) is 66.9 Å². The van der Waals surface area contributed by atoms with E-state index >= 15 is 0 Å². The van der Waals surface area contributed by atoms with Crippen LogP contribution in [0.25, 0.3) is 0 Å². The van der Waals surface area contributed by atoms with Crippen LogP contribution in [0.4, 0.5) is 10.5 Å². The molecule has 1 fully saturated rings. The zero-order chi connectivity index (χ0) is 23.1. The molecule has 2 aliphatic rings. The maximum absolute atomic E-state index is 13.1. The molecule has 32 heavy (non-hydrogen) atoms. The van der Waals surface area contributed by atoms with Crippen molar-refractivity contribution in [2.45, 2.75) is 70.6 Å². The predicted molar refractivity (Wildman–Crippen MR) is 125 cm³/mol. The number of urea groups is 1. The Bertz CT molecular complexity index is 781. The van der Waals surface area contributed by atoms with Crippen LogP contribution in [0.1, 0.15) is 51.5 Å². The van der Waals surface area contributed by atoms with Crippen LogP contribution in [0.15, 0.2) is 18.2 Å². The molecule has 1 aromatic rings. The molecule has 8 heteroatoms. The van der Waals surface area contributed by atoms with E-state index in [0.717, 1.165) is 31.2 Å². The molecule has 4 N–H and O–H groups in total. The summed E-state index contributed by atoms with van der Waals surface area (Å²) in [5.74, 6) is 0.671. The second-order valence-electron chi connectivity index (χ2n) is 9.20. The van der Waals surface area contributed by atoms with E-state index in [1.165, 1.54) is 6.42 Å². The van der Waals surface area contributed by atoms with Gasteiger partial charge in [-0.05, 0) is 45.0 Å². The van der Waals surface area contributed by atoms with Crippen LogP contribution < -0.4 is 20.7 Å². The van der Waals surface area contributed by atoms with Crippen molar-refractivity contribution in [3.8, 4) is 5.75 Å². The first-order chi connectivity index (χ1) is 15.4. The van der Waals surface area contributed by atoms with Crippen molar-refractivity contribution in [3.63, 3.8) is 0 Å². The molecule has 0 unspecified atom stereocenters. The smallest absolute Gasteiger partial charge is 0.319 e. The Morgan fingerprint density at radius 1 is 1.28 bits per heavy atom. The highest BCUT2D eigenvalue weighted by Crippen LogP contribution is 2.29. The molecule has 1 saturated carbocycles. The van der Waals surface area contributed by atoms with Gasteiger partial charge in [0.1, 0.15) is 11.9 Å². The lowest BCUT2D eigenvalue weighted by Crippen LogP contribution is -2.47. The highest BCUT2D eigenvalue weighted by molar-refractivity contribution is 5.90. The molecule has 1 aliphatic heterocycles. The van der Waals surface area contributed by atoms with E-state index < -0.39 is 0 Å². The number of benzene rings is 1. The Hall–Kier alpha value is -2.32. The Balaban J connectivity index is 1.80. The summed E-state index contributed by atoms with van der Waals surface area (Å²) >= 11 is 0. The molecule has 3 amide bonds. The van der Waals surface area contributed by atoms with Gasteiger partial charge in [-0.3, -0.25) is 4.79 Å². The van der Waals surface area contributed by atoms with Crippen molar-refractivity contribution in [2.75, 3.05) is 32.1 Å². The third kappa shape index (κ3) is 6.36. The van der Waals surface area contributed by atoms with Gasteiger partial charge in [0.25, 0.3) is 0 Å². The van der Waals surface area contributed by atoms with Gasteiger partial charge in [-0.25, -0.2) is 4.79 Å². The van der Waals surface area contributed by atoms with Gasteiger partial charge in [0.15, 0.2) is 0 Å². The first-order valence-electron chi connectivity index (χ1n) is 11.8. The summed E-state index contributed by atoms with van der Waals surface area (Å²) in [6, 6.07) is 5.20. The molecular weight excluding hydrogens is 408 g/mol. The maximum Gasteiger partial charge on any atom is 0.319 e. The van der Waals surface area contributed by atoms with E-state index in [0.29, 0.717) is 24.5 Å². The van der Waals surface area contributed by atoms with E-state index in [9.17, 15) is 14.7 Å². The SMILES string of the molecule is CNC[C@H]1Oc2ccc(NC(=O)NC3CCCCC3)cc2CC(=O)N([C@@H](C)CO)C[C@H]1C. The summed E-state index contributed by atoms with van der Waals surface area (Å²) in [4.78, 5) is 27.4. The summed E-state index contributed by atoms with van der Waals surface area (Å²) in [6.45, 7) is 4.97. The number of rotatable bonds is 6. The number of likely N-dealkylation sites (N-methyl/N-ethyl adjacent to an activating group) is 1. The fraction of sp³-hybridized carbons (Fsp3) is 0.667. The standard InChI is InChI=1S/C24H38N4O4/c1-16-14-28(17(2)15-29)23(30)12-18-11-20(9-10-21(18)32-22(16)13-25-3)27-24(31)26-19-7-5-4-6-8-19/h9-11,16-17,19,22,25,29H,4-8,12-15H2,1-3H3,(H2,26,27,31)/t16-,17+,22-/m1/s1. The van der Waals surface area contributed by atoms with Crippen molar-refractivity contribution in [1.29, 1.82) is 0 Å². The molecule has 0 radical (unpaired) electrons. The largest absolute Gasteiger partial charge is 0.488 e. The number of carbonyl (C=O) groups is 2. The number of fused-ring (bicyclic) bond motifs is 1. The Morgan fingerprint density at radius 2 is 2.03 bits per heavy atom. The van der Waals surface area contributed by atoms with Gasteiger partial charge in [0.05, 0.1) is 19.1 Å². The molecule has 0 aromatic heterocycles. The summed E-state index contributed by atoms with van der Waals surface area (Å²) in [5.41, 5.74) is 1.36. The molecule has 3 rings (SSSR count). The molecule has 0 bridgehead atoms. The molecule has 0 spiro atoms. The van der Waals surface area contributed by atoms with Crippen LogP contribution in [0.2, 0.25) is 0 Å². The molecule has 3 atom stereocenters. The predicted octanol–water partition coefficient (Wildman–Crippen LogP) is 2.51. The van der Waals surface area contributed by atoms with Crippen molar-refractivity contribution in [1.82, 2.24) is 15.5 Å². The monoisotopic (exact) mass is 446 g/mol. The van der Waals surface area contributed by atoms with Crippen LogP contribution in [0.3, 0.4) is 0 Å². The molecule has 1 aromatic carbocycles. The number of ether oxygens (including phenoxy) is 1. The maximum atomic E-state index is 13.1. The quantitative estimate of drug-likeness (QED) is 0.538. The van der Waals surface area contributed by atoms with Gasteiger partial charge in [-0.2, -0.15) is 0 Å². The van der Waals surface area contributed by atoms with E-state index in [-0.39, 0.29) is 49.1 Å². The van der Waals surface area contributed by atoms with Crippen molar-refractivity contribution < 1.29 is 19.4 Å². The van der Waals surface area contributed by atoms with E-state index in [4.69, 9.17) is 4.74 Å². The fourth-order valence-corrected chi connectivity index (χ4v) is 4.55. The van der Waals surface area contributed by atoms with Crippen LogP contribution in [-0.2, 0) is 11.2 Å². The third-order valence-electron chi connectivity index (χ3n) is 6.52. The minimum atomic E-state index is -0.274. The topological polar surface area (TPSA) is 103 Å². The number of nitrogens with one attached hydrogen (secondary N) is 3. The lowest BCUT2D eigenvalue weighted by atomic mass is 9.96. The third-order valence-corrected chi connectivity index (χ3v) is 6.52. The Morgan fingerprint density at radius 3 is 2.72 bits per heavy atom. The lowest BCUT2D eigenvalue weighted by Gasteiger charge is -2.32. The van der Waals surface area contributed by atoms with E-state index in [2.05, 4.69) is 22.9 Å². The van der Waals surface area contributed by atoms with Crippen molar-refractivity contribution in [3.05, 3.63) is 23.8 Å². The molecule has 0 saturated heterocycles. The van der Waals surface area contributed by atoms with Crippen LogP contribution in [0.5, 0.6) is 5.75 Å². The Labute approximate surface area is 191 Å². The molecular formula is C24H38N4O4. The fourth-order valence-electron chi connectivity index (χ4n) is 4.55. The highest BCUT2D eigenvalue weighted by Gasteiger charge is 2.30. The van der Waals surface area contributed by atoms with Crippen molar-refractivity contribution >= 4 is 17.6 Å². The Kier molecular flexibility index (Phi) is 8.75. The first-order valence-corrected chi connectivity index (χ1v) is 11.8. The zero-order valence-corrected chi connectivity index (χ0v) is 19.5. The van der Waals surface area contributed by atoms with Gasteiger partial charge in [0.2, 0.25) is 5.91 Å². The first kappa shape index (κ1) is 24.3. The molecule has 178 valence electrons. The number of amides is 3. The average Bonchev–Trinajstić information content (AvgIpc) is 2.82. The minimum Gasteiger partial charge on any atom is -0.488 e. The van der Waals surface area contributed by atoms with Gasteiger partial charge in [-0.15, -0.1) is 0 Å². The number of carbonyl (C=O) groups excluding carboxylic acids is 2. The van der Waals surface area contributed by atoms with Gasteiger partial charge in [-0.1, -0.05) is 26.2 Å². The molecule has 1 heterocycles. The second-order valence-corrected chi connectivity index (χ2v) is 9.20. The van der Waals surface area contributed by atoms with Gasteiger partial charge in [0, 0.05) is 36.3 Å². The lowest BCUT2D eigenvalue weighted by molar-refractivity contribution is -0.134. The zero-order valence-electron chi connectivity index (χ0n) is 19.5. The summed E-state index contributed by atoms with van der Waals surface area (Å²) in [6.07, 6.45) is 5.59. The highest BCUT2D eigenvalue weighted by atomic mass is 16.5. The van der Waals surface area contributed by atoms with Gasteiger partial charge < -0.3 is 30.7 Å². The number of aliphatic hydroxyl groups is 1. The second kappa shape index (κ2) is 11.5. The van der Waals surface area contributed by atoms with Crippen LogP contribution in [0, 0.1) is 5.92 Å².